The number of hydrogen-bond donors (Lipinski definition) is 2. The molecule has 0 spiro atoms. The number of nitrogens with zero attached hydrogens (tertiary/aromatic N) is 4. The summed E-state index contributed by atoms with van der Waals surface area (Å²) < 4.78 is 7.08. The standard InChI is InChI=1S/C23H22N6O3/c1-14-12-17(29(27-14)18-13-32-19-8-9-25-21(24)20(18)19)22(30)26-16-6-4-15(5-7-16)23(31)28-10-2-3-11-28/h4-9,12-13H,2-3,10-11H2,1H3,(H2,24,25)(H,26,30). The van der Waals surface area contributed by atoms with Gasteiger partial charge in [0, 0.05) is 30.5 Å². The first-order valence-corrected chi connectivity index (χ1v) is 10.4. The minimum atomic E-state index is -0.346. The number of fused-ring (bicyclic) bond motifs is 1. The number of likely N-dealkylation sites (tertiary alicyclic amines) is 1. The summed E-state index contributed by atoms with van der Waals surface area (Å²) >= 11 is 0. The molecule has 1 fully saturated rings. The topological polar surface area (TPSA) is 119 Å². The summed E-state index contributed by atoms with van der Waals surface area (Å²) in [5.41, 5.74) is 9.31. The lowest BCUT2D eigenvalue weighted by Gasteiger charge is -2.15. The van der Waals surface area contributed by atoms with Gasteiger partial charge >= 0.3 is 0 Å². The van der Waals surface area contributed by atoms with Gasteiger partial charge in [0.2, 0.25) is 0 Å². The average Bonchev–Trinajstić information content (AvgIpc) is 3.53. The molecule has 0 radical (unpaired) electrons. The maximum atomic E-state index is 13.1. The lowest BCUT2D eigenvalue weighted by atomic mass is 10.2. The van der Waals surface area contributed by atoms with Crippen LogP contribution in [-0.2, 0) is 0 Å². The van der Waals surface area contributed by atoms with E-state index < -0.39 is 0 Å². The Morgan fingerprint density at radius 1 is 1.12 bits per heavy atom. The van der Waals surface area contributed by atoms with Crippen molar-refractivity contribution in [3.8, 4) is 5.69 Å². The van der Waals surface area contributed by atoms with Crippen LogP contribution in [0.2, 0.25) is 0 Å². The van der Waals surface area contributed by atoms with Crippen LogP contribution in [-0.4, -0.2) is 44.6 Å². The SMILES string of the molecule is Cc1cc(C(=O)Nc2ccc(C(=O)N3CCCC3)cc2)n(-c2coc3ccnc(N)c23)n1. The van der Waals surface area contributed by atoms with E-state index in [0.717, 1.165) is 25.9 Å². The smallest absolute Gasteiger partial charge is 0.274 e. The van der Waals surface area contributed by atoms with Crippen LogP contribution in [0.1, 0.15) is 39.4 Å². The molecule has 0 unspecified atom stereocenters. The fourth-order valence-corrected chi connectivity index (χ4v) is 3.99. The highest BCUT2D eigenvalue weighted by Crippen LogP contribution is 2.29. The molecular formula is C23H22N6O3. The minimum Gasteiger partial charge on any atom is -0.462 e. The van der Waals surface area contributed by atoms with Gasteiger partial charge in [-0.3, -0.25) is 9.59 Å². The molecule has 1 aromatic carbocycles. The van der Waals surface area contributed by atoms with Crippen LogP contribution in [0.4, 0.5) is 11.5 Å². The van der Waals surface area contributed by atoms with Gasteiger partial charge in [-0.05, 0) is 56.2 Å². The molecule has 162 valence electrons. The second-order valence-corrected chi connectivity index (χ2v) is 7.80. The molecule has 4 heterocycles. The highest BCUT2D eigenvalue weighted by molar-refractivity contribution is 6.05. The van der Waals surface area contributed by atoms with Gasteiger partial charge in [-0.1, -0.05) is 0 Å². The van der Waals surface area contributed by atoms with Gasteiger partial charge < -0.3 is 20.4 Å². The predicted molar refractivity (Wildman–Crippen MR) is 120 cm³/mol. The van der Waals surface area contributed by atoms with E-state index in [-0.39, 0.29) is 11.8 Å². The lowest BCUT2D eigenvalue weighted by Crippen LogP contribution is -2.27. The van der Waals surface area contributed by atoms with Crippen LogP contribution in [0.15, 0.2) is 53.3 Å². The van der Waals surface area contributed by atoms with Crippen molar-refractivity contribution in [1.29, 1.82) is 0 Å². The first-order valence-electron chi connectivity index (χ1n) is 10.4. The van der Waals surface area contributed by atoms with Gasteiger partial charge in [0.15, 0.2) is 0 Å². The summed E-state index contributed by atoms with van der Waals surface area (Å²) in [5.74, 6) is -0.0304. The van der Waals surface area contributed by atoms with Gasteiger partial charge in [0.05, 0.1) is 11.1 Å². The number of nitrogen functional groups attached to an aromatic ring is 1. The first-order chi connectivity index (χ1) is 15.5. The van der Waals surface area contributed by atoms with Crippen molar-refractivity contribution in [2.75, 3.05) is 24.1 Å². The van der Waals surface area contributed by atoms with E-state index in [2.05, 4.69) is 15.4 Å². The highest BCUT2D eigenvalue weighted by Gasteiger charge is 2.21. The number of rotatable bonds is 4. The number of amides is 2. The summed E-state index contributed by atoms with van der Waals surface area (Å²) in [4.78, 5) is 31.5. The number of aryl methyl sites for hydroxylation is 1. The van der Waals surface area contributed by atoms with Crippen molar-refractivity contribution < 1.29 is 14.0 Å². The van der Waals surface area contributed by atoms with E-state index in [0.29, 0.717) is 45.1 Å². The Bertz CT molecular complexity index is 1320. The predicted octanol–water partition coefficient (Wildman–Crippen LogP) is 3.39. The zero-order chi connectivity index (χ0) is 22.2. The van der Waals surface area contributed by atoms with E-state index in [1.807, 2.05) is 4.90 Å². The van der Waals surface area contributed by atoms with Gasteiger partial charge in [-0.2, -0.15) is 5.10 Å². The molecule has 3 aromatic heterocycles. The zero-order valence-corrected chi connectivity index (χ0v) is 17.5. The van der Waals surface area contributed by atoms with Crippen LogP contribution < -0.4 is 11.1 Å². The van der Waals surface area contributed by atoms with E-state index in [9.17, 15) is 9.59 Å². The van der Waals surface area contributed by atoms with Crippen molar-refractivity contribution >= 4 is 34.3 Å². The Morgan fingerprint density at radius 2 is 1.88 bits per heavy atom. The number of benzene rings is 1. The number of furan rings is 1. The molecule has 2 amide bonds. The summed E-state index contributed by atoms with van der Waals surface area (Å²) in [5, 5.41) is 7.91. The summed E-state index contributed by atoms with van der Waals surface area (Å²) in [6.07, 6.45) is 5.15. The van der Waals surface area contributed by atoms with E-state index in [1.165, 1.54) is 10.9 Å². The summed E-state index contributed by atoms with van der Waals surface area (Å²) in [6.45, 7) is 3.39. The highest BCUT2D eigenvalue weighted by atomic mass is 16.3. The molecule has 9 nitrogen and oxygen atoms in total. The van der Waals surface area contributed by atoms with Crippen molar-refractivity contribution in [2.24, 2.45) is 0 Å². The summed E-state index contributed by atoms with van der Waals surface area (Å²) in [7, 11) is 0. The largest absolute Gasteiger partial charge is 0.462 e. The molecule has 0 aliphatic carbocycles. The lowest BCUT2D eigenvalue weighted by molar-refractivity contribution is 0.0792. The second kappa shape index (κ2) is 7.84. The van der Waals surface area contributed by atoms with E-state index >= 15 is 0 Å². The quantitative estimate of drug-likeness (QED) is 0.512. The third-order valence-electron chi connectivity index (χ3n) is 5.57. The molecule has 0 bridgehead atoms. The zero-order valence-electron chi connectivity index (χ0n) is 17.5. The number of nitrogens with one attached hydrogen (secondary N) is 1. The van der Waals surface area contributed by atoms with Crippen LogP contribution in [0.3, 0.4) is 0 Å². The van der Waals surface area contributed by atoms with Crippen molar-refractivity contribution in [2.45, 2.75) is 19.8 Å². The number of carbonyl (C=O) groups is 2. The normalized spacial score (nSPS) is 13.6. The van der Waals surface area contributed by atoms with Crippen LogP contribution >= 0.6 is 0 Å². The molecule has 1 saturated heterocycles. The Labute approximate surface area is 183 Å². The molecule has 4 aromatic rings. The Balaban J connectivity index is 1.40. The number of aromatic nitrogens is 3. The van der Waals surface area contributed by atoms with Gasteiger partial charge in [-0.15, -0.1) is 0 Å². The molecular weight excluding hydrogens is 408 g/mol. The van der Waals surface area contributed by atoms with Crippen molar-refractivity contribution in [3.63, 3.8) is 0 Å². The fourth-order valence-electron chi connectivity index (χ4n) is 3.99. The molecule has 32 heavy (non-hydrogen) atoms. The van der Waals surface area contributed by atoms with Crippen LogP contribution in [0.25, 0.3) is 16.7 Å². The maximum absolute atomic E-state index is 13.1. The first kappa shape index (κ1) is 19.8. The molecule has 5 rings (SSSR count). The number of hydrogen-bond acceptors (Lipinski definition) is 6. The van der Waals surface area contributed by atoms with E-state index in [1.54, 1.807) is 49.5 Å². The van der Waals surface area contributed by atoms with E-state index in [4.69, 9.17) is 10.2 Å². The average molecular weight is 430 g/mol. The number of carbonyl (C=O) groups excluding carboxylic acids is 2. The van der Waals surface area contributed by atoms with Gasteiger partial charge in [0.1, 0.15) is 29.0 Å². The molecule has 1 aliphatic heterocycles. The molecule has 9 heteroatoms. The monoisotopic (exact) mass is 430 g/mol. The fraction of sp³-hybridized carbons (Fsp3) is 0.217. The Kier molecular flexibility index (Phi) is 4.85. The molecule has 0 atom stereocenters. The third-order valence-corrected chi connectivity index (χ3v) is 5.57. The van der Waals surface area contributed by atoms with Crippen molar-refractivity contribution in [3.05, 3.63) is 65.8 Å². The molecule has 1 aliphatic rings. The molecule has 0 saturated carbocycles. The van der Waals surface area contributed by atoms with Crippen LogP contribution in [0, 0.1) is 6.92 Å². The van der Waals surface area contributed by atoms with Crippen LogP contribution in [0.5, 0.6) is 0 Å². The number of anilines is 2. The minimum absolute atomic E-state index is 0.0205. The second-order valence-electron chi connectivity index (χ2n) is 7.80. The third kappa shape index (κ3) is 3.47. The number of nitrogens with two attached hydrogens (primary N) is 1. The Hall–Kier alpha value is -4.14. The summed E-state index contributed by atoms with van der Waals surface area (Å²) in [6, 6.07) is 10.3. The molecule has 3 N–H and O–H groups in total. The van der Waals surface area contributed by atoms with Crippen molar-refractivity contribution in [1.82, 2.24) is 19.7 Å². The Morgan fingerprint density at radius 3 is 2.62 bits per heavy atom. The maximum Gasteiger partial charge on any atom is 0.274 e. The number of pyridine rings is 1. The van der Waals surface area contributed by atoms with Gasteiger partial charge in [-0.25, -0.2) is 9.67 Å². The van der Waals surface area contributed by atoms with Gasteiger partial charge in [0.25, 0.3) is 11.8 Å².